The Morgan fingerprint density at radius 3 is 2.56 bits per heavy atom. The van der Waals surface area contributed by atoms with Gasteiger partial charge in [0.15, 0.2) is 0 Å². The zero-order chi connectivity index (χ0) is 13.0. The first-order valence-electron chi connectivity index (χ1n) is 6.12. The van der Waals surface area contributed by atoms with Gasteiger partial charge in [-0.3, -0.25) is 4.98 Å². The van der Waals surface area contributed by atoms with Crippen molar-refractivity contribution in [1.29, 1.82) is 0 Å². The summed E-state index contributed by atoms with van der Waals surface area (Å²) in [6.07, 6.45) is 4.73. The molecule has 0 aromatic carbocycles. The van der Waals surface area contributed by atoms with Crippen molar-refractivity contribution in [1.82, 2.24) is 10.3 Å². The summed E-state index contributed by atoms with van der Waals surface area (Å²) < 4.78 is 0.843. The maximum atomic E-state index is 5.97. The lowest BCUT2D eigenvalue weighted by Crippen LogP contribution is -2.23. The summed E-state index contributed by atoms with van der Waals surface area (Å²) in [6.45, 7) is 4.36. The number of halogens is 1. The lowest BCUT2D eigenvalue weighted by atomic mass is 10.0. The molecule has 0 saturated carbocycles. The van der Waals surface area contributed by atoms with E-state index in [9.17, 15) is 0 Å². The summed E-state index contributed by atoms with van der Waals surface area (Å²) in [5, 5.41) is 3.64. The van der Waals surface area contributed by atoms with E-state index in [1.807, 2.05) is 18.5 Å². The van der Waals surface area contributed by atoms with Crippen LogP contribution in [0.15, 0.2) is 36.7 Å². The Morgan fingerprint density at radius 1 is 1.28 bits per heavy atom. The molecular formula is C14H17ClN2S. The Balaban J connectivity index is 2.07. The second kappa shape index (κ2) is 6.32. The van der Waals surface area contributed by atoms with Crippen LogP contribution >= 0.6 is 22.9 Å². The molecule has 1 N–H and O–H groups in total. The predicted molar refractivity (Wildman–Crippen MR) is 78.1 cm³/mol. The van der Waals surface area contributed by atoms with Crippen molar-refractivity contribution in [2.24, 2.45) is 0 Å². The monoisotopic (exact) mass is 280 g/mol. The topological polar surface area (TPSA) is 24.9 Å². The van der Waals surface area contributed by atoms with Crippen molar-refractivity contribution in [3.05, 3.63) is 51.4 Å². The predicted octanol–water partition coefficient (Wildman–Crippen LogP) is 4.60. The van der Waals surface area contributed by atoms with Gasteiger partial charge in [0.2, 0.25) is 0 Å². The minimum atomic E-state index is 0.306. The van der Waals surface area contributed by atoms with Crippen molar-refractivity contribution in [2.45, 2.75) is 32.4 Å². The first-order valence-corrected chi connectivity index (χ1v) is 7.31. The Kier molecular flexibility index (Phi) is 4.75. The average Bonchev–Trinajstić information content (AvgIpc) is 2.83. The van der Waals surface area contributed by atoms with Crippen molar-refractivity contribution in [2.75, 3.05) is 0 Å². The van der Waals surface area contributed by atoms with Gasteiger partial charge in [0, 0.05) is 29.4 Å². The van der Waals surface area contributed by atoms with Gasteiger partial charge in [0.25, 0.3) is 0 Å². The van der Waals surface area contributed by atoms with E-state index < -0.39 is 0 Å². The number of nitrogens with zero attached hydrogens (tertiary/aromatic N) is 1. The van der Waals surface area contributed by atoms with Crippen LogP contribution in [-0.2, 0) is 0 Å². The Hall–Kier alpha value is -0.900. The lowest BCUT2D eigenvalue weighted by molar-refractivity contribution is 0.460. The zero-order valence-corrected chi connectivity index (χ0v) is 12.1. The number of hydrogen-bond acceptors (Lipinski definition) is 3. The van der Waals surface area contributed by atoms with Crippen LogP contribution in [-0.4, -0.2) is 4.98 Å². The molecule has 2 rings (SSSR count). The standard InChI is InChI=1S/C14H17ClN2S/c1-3-12(11-6-8-16-9-7-11)17-10(2)13-4-5-14(15)18-13/h4-10,12,17H,3H2,1-2H3. The third kappa shape index (κ3) is 3.31. The molecule has 2 unspecified atom stereocenters. The molecule has 4 heteroatoms. The van der Waals surface area contributed by atoms with Crippen molar-refractivity contribution in [3.63, 3.8) is 0 Å². The van der Waals surface area contributed by atoms with Gasteiger partial charge >= 0.3 is 0 Å². The number of nitrogens with one attached hydrogen (secondary N) is 1. The van der Waals surface area contributed by atoms with Crippen LogP contribution in [0.3, 0.4) is 0 Å². The molecule has 0 aliphatic heterocycles. The van der Waals surface area contributed by atoms with Crippen molar-refractivity contribution < 1.29 is 0 Å². The van der Waals surface area contributed by atoms with Gasteiger partial charge in [-0.2, -0.15) is 0 Å². The fourth-order valence-electron chi connectivity index (χ4n) is 1.99. The molecule has 0 aliphatic carbocycles. The molecule has 18 heavy (non-hydrogen) atoms. The van der Waals surface area contributed by atoms with Crippen LogP contribution in [0, 0.1) is 0 Å². The molecule has 0 fully saturated rings. The molecule has 96 valence electrons. The summed E-state index contributed by atoms with van der Waals surface area (Å²) in [5.41, 5.74) is 1.28. The number of pyridine rings is 1. The summed E-state index contributed by atoms with van der Waals surface area (Å²) in [7, 11) is 0. The number of thiophene rings is 1. The Bertz CT molecular complexity index is 484. The van der Waals surface area contributed by atoms with Gasteiger partial charge in [0.05, 0.1) is 4.34 Å². The van der Waals surface area contributed by atoms with Crippen molar-refractivity contribution >= 4 is 22.9 Å². The molecule has 2 aromatic rings. The van der Waals surface area contributed by atoms with Crippen LogP contribution in [0.5, 0.6) is 0 Å². The van der Waals surface area contributed by atoms with E-state index >= 15 is 0 Å². The maximum absolute atomic E-state index is 5.97. The van der Waals surface area contributed by atoms with E-state index in [4.69, 9.17) is 11.6 Å². The summed E-state index contributed by atoms with van der Waals surface area (Å²) in [4.78, 5) is 5.33. The van der Waals surface area contributed by atoms with Gasteiger partial charge < -0.3 is 5.32 Å². The quantitative estimate of drug-likeness (QED) is 0.866. The fourth-order valence-corrected chi connectivity index (χ4v) is 3.06. The zero-order valence-electron chi connectivity index (χ0n) is 10.6. The van der Waals surface area contributed by atoms with Gasteiger partial charge in [0.1, 0.15) is 0 Å². The summed E-state index contributed by atoms with van der Waals surface area (Å²) in [5.74, 6) is 0. The first-order chi connectivity index (χ1) is 8.70. The highest BCUT2D eigenvalue weighted by molar-refractivity contribution is 7.16. The fraction of sp³-hybridized carbons (Fsp3) is 0.357. The highest BCUT2D eigenvalue weighted by atomic mass is 35.5. The highest BCUT2D eigenvalue weighted by Crippen LogP contribution is 2.29. The highest BCUT2D eigenvalue weighted by Gasteiger charge is 2.14. The molecule has 2 nitrogen and oxygen atoms in total. The van der Waals surface area contributed by atoms with Crippen molar-refractivity contribution in [3.8, 4) is 0 Å². The van der Waals surface area contributed by atoms with E-state index in [-0.39, 0.29) is 0 Å². The van der Waals surface area contributed by atoms with E-state index in [1.54, 1.807) is 11.3 Å². The molecule has 2 aromatic heterocycles. The normalized spacial score (nSPS) is 14.4. The summed E-state index contributed by atoms with van der Waals surface area (Å²) in [6, 6.07) is 8.83. The smallest absolute Gasteiger partial charge is 0.0931 e. The number of hydrogen-bond donors (Lipinski definition) is 1. The van der Waals surface area contributed by atoms with Crippen LogP contribution in [0.1, 0.15) is 42.8 Å². The van der Waals surface area contributed by atoms with Crippen LogP contribution in [0.25, 0.3) is 0 Å². The van der Waals surface area contributed by atoms with Gasteiger partial charge in [-0.25, -0.2) is 0 Å². The number of rotatable bonds is 5. The molecule has 0 spiro atoms. The number of aromatic nitrogens is 1. The maximum Gasteiger partial charge on any atom is 0.0931 e. The SMILES string of the molecule is CCC(NC(C)c1ccc(Cl)s1)c1ccncc1. The molecule has 0 bridgehead atoms. The average molecular weight is 281 g/mol. The molecule has 0 aliphatic rings. The Labute approximate surface area is 117 Å². The lowest BCUT2D eigenvalue weighted by Gasteiger charge is -2.21. The molecular weight excluding hydrogens is 264 g/mol. The third-order valence-electron chi connectivity index (χ3n) is 2.99. The second-order valence-corrected chi connectivity index (χ2v) is 6.02. The molecule has 0 amide bonds. The molecule has 2 atom stereocenters. The molecule has 2 heterocycles. The minimum Gasteiger partial charge on any atom is -0.303 e. The second-order valence-electron chi connectivity index (χ2n) is 4.27. The Morgan fingerprint density at radius 2 is 2.00 bits per heavy atom. The molecule has 0 saturated heterocycles. The largest absolute Gasteiger partial charge is 0.303 e. The molecule has 0 radical (unpaired) electrons. The third-order valence-corrected chi connectivity index (χ3v) is 4.40. The minimum absolute atomic E-state index is 0.306. The van der Waals surface area contributed by atoms with Gasteiger partial charge in [-0.05, 0) is 43.2 Å². The first kappa shape index (κ1) is 13.5. The van der Waals surface area contributed by atoms with E-state index in [2.05, 4.69) is 42.3 Å². The van der Waals surface area contributed by atoms with Crippen LogP contribution < -0.4 is 5.32 Å². The van der Waals surface area contributed by atoms with E-state index in [1.165, 1.54) is 10.4 Å². The van der Waals surface area contributed by atoms with Gasteiger partial charge in [-0.1, -0.05) is 18.5 Å². The van der Waals surface area contributed by atoms with Gasteiger partial charge in [-0.15, -0.1) is 11.3 Å². The summed E-state index contributed by atoms with van der Waals surface area (Å²) >= 11 is 7.61. The van der Waals surface area contributed by atoms with Crippen LogP contribution in [0.4, 0.5) is 0 Å². The van der Waals surface area contributed by atoms with E-state index in [0.717, 1.165) is 10.8 Å². The van der Waals surface area contributed by atoms with Crippen LogP contribution in [0.2, 0.25) is 4.34 Å². The van der Waals surface area contributed by atoms with E-state index in [0.29, 0.717) is 12.1 Å².